The Hall–Kier alpha value is 1.25. The van der Waals surface area contributed by atoms with E-state index in [4.69, 9.17) is 5.11 Å². The Labute approximate surface area is 182 Å². The number of aliphatic carboxylic acids is 1. The van der Waals surface area contributed by atoms with Gasteiger partial charge < -0.3 is 7.96 Å². The second-order valence-electron chi connectivity index (χ2n) is 6.09. The minimum atomic E-state index is -0.653. The molecular weight excluding hydrogens is 352 g/mol. The first-order valence-electron chi connectivity index (χ1n) is 8.99. The van der Waals surface area contributed by atoms with Crippen LogP contribution in [-0.2, 0) is 21.9 Å². The number of rotatable bonds is 16. The van der Waals surface area contributed by atoms with Gasteiger partial charge in [-0.25, -0.2) is 0 Å². The van der Waals surface area contributed by atoms with E-state index in [0.29, 0.717) is 6.42 Å². The third-order valence-electron chi connectivity index (χ3n) is 3.99. The van der Waals surface area contributed by atoms with Gasteiger partial charge in [0.1, 0.15) is 0 Å². The third-order valence-corrected chi connectivity index (χ3v) is 3.99. The number of carbonyl (C=O) groups is 1. The van der Waals surface area contributed by atoms with Crippen LogP contribution in [0, 0.1) is 0 Å². The molecule has 2 nitrogen and oxygen atoms in total. The first-order valence-corrected chi connectivity index (χ1v) is 8.99. The van der Waals surface area contributed by atoms with Gasteiger partial charge in [0.25, 0.3) is 0 Å². The minimum Gasteiger partial charge on any atom is -1.00 e. The number of carboxylic acids is 1. The summed E-state index contributed by atoms with van der Waals surface area (Å²) in [4.78, 5) is 10.3. The van der Waals surface area contributed by atoms with Crippen LogP contribution in [0.25, 0.3) is 0 Å². The first-order chi connectivity index (χ1) is 9.77. The van der Waals surface area contributed by atoms with E-state index in [0.717, 1.165) is 12.8 Å². The molecule has 0 heterocycles. The average molecular weight is 390 g/mol. The fraction of sp³-hybridized carbons (Fsp3) is 0.944. The Morgan fingerprint density at radius 2 is 0.955 bits per heavy atom. The molecule has 0 atom stereocenters. The van der Waals surface area contributed by atoms with E-state index in [-0.39, 0.29) is 57.7 Å². The van der Waals surface area contributed by atoms with Crippen molar-refractivity contribution >= 4 is 43.7 Å². The zero-order valence-electron chi connectivity index (χ0n) is 16.7. The number of hydrogen-bond acceptors (Lipinski definition) is 1. The normalized spacial score (nSPS) is 9.86. The summed E-state index contributed by atoms with van der Waals surface area (Å²) in [6, 6.07) is 0. The quantitative estimate of drug-likeness (QED) is 0.253. The average Bonchev–Trinajstić information content (AvgIpc) is 2.43. The van der Waals surface area contributed by atoms with E-state index in [1.165, 1.54) is 83.5 Å². The summed E-state index contributed by atoms with van der Waals surface area (Å²) in [6.07, 6.45) is 20.2. The molecule has 1 radical (unpaired) electrons. The van der Waals surface area contributed by atoms with Crippen LogP contribution in [0.3, 0.4) is 0 Å². The fourth-order valence-electron chi connectivity index (χ4n) is 2.65. The minimum absolute atomic E-state index is 0. The molecule has 0 aliphatic rings. The van der Waals surface area contributed by atoms with Gasteiger partial charge in [0, 0.05) is 23.5 Å². The SMILES string of the molecule is CCCCCCCCCCCCCCCCCC(=O)O.[Ca+2].[Cu].[H-].[H-]. The Balaban J connectivity index is -0.000000301. The van der Waals surface area contributed by atoms with E-state index in [1.54, 1.807) is 0 Å². The molecule has 135 valence electrons. The van der Waals surface area contributed by atoms with Crippen molar-refractivity contribution in [2.45, 2.75) is 110 Å². The molecule has 0 aromatic carbocycles. The monoisotopic (exact) mass is 389 g/mol. The Kier molecular flexibility index (Phi) is 31.3. The van der Waals surface area contributed by atoms with E-state index in [9.17, 15) is 4.79 Å². The van der Waals surface area contributed by atoms with E-state index >= 15 is 0 Å². The second-order valence-corrected chi connectivity index (χ2v) is 6.09. The molecule has 0 aromatic rings. The predicted molar refractivity (Wildman–Crippen MR) is 95.2 cm³/mol. The maximum atomic E-state index is 10.3. The summed E-state index contributed by atoms with van der Waals surface area (Å²) in [6.45, 7) is 2.27. The van der Waals surface area contributed by atoms with Gasteiger partial charge >= 0.3 is 43.7 Å². The van der Waals surface area contributed by atoms with Crippen molar-refractivity contribution in [2.24, 2.45) is 0 Å². The first kappa shape index (κ1) is 28.1. The van der Waals surface area contributed by atoms with Crippen LogP contribution in [0.1, 0.15) is 113 Å². The topological polar surface area (TPSA) is 37.3 Å². The van der Waals surface area contributed by atoms with E-state index in [1.807, 2.05) is 0 Å². The zero-order chi connectivity index (χ0) is 14.9. The molecule has 1 N–H and O–H groups in total. The van der Waals surface area contributed by atoms with Crippen molar-refractivity contribution in [3.05, 3.63) is 0 Å². The summed E-state index contributed by atoms with van der Waals surface area (Å²) < 4.78 is 0. The molecule has 0 rings (SSSR count). The van der Waals surface area contributed by atoms with Crippen LogP contribution in [0.4, 0.5) is 0 Å². The summed E-state index contributed by atoms with van der Waals surface area (Å²) >= 11 is 0. The van der Waals surface area contributed by atoms with Gasteiger partial charge in [0.05, 0.1) is 0 Å². The smallest absolute Gasteiger partial charge is 1.00 e. The molecule has 0 aliphatic heterocycles. The Bertz CT molecular complexity index is 223. The molecule has 0 spiro atoms. The third kappa shape index (κ3) is 26.2. The zero-order valence-corrected chi connectivity index (χ0v) is 17.8. The number of hydrogen-bond donors (Lipinski definition) is 1. The largest absolute Gasteiger partial charge is 2.00 e. The molecule has 0 unspecified atom stereocenters. The van der Waals surface area contributed by atoms with E-state index in [2.05, 4.69) is 6.92 Å². The van der Waals surface area contributed by atoms with Crippen molar-refractivity contribution in [2.75, 3.05) is 0 Å². The van der Waals surface area contributed by atoms with Gasteiger partial charge in [-0.3, -0.25) is 4.79 Å². The maximum absolute atomic E-state index is 10.3. The summed E-state index contributed by atoms with van der Waals surface area (Å²) in [5.41, 5.74) is 0. The van der Waals surface area contributed by atoms with Crippen LogP contribution in [0.2, 0.25) is 0 Å². The van der Waals surface area contributed by atoms with Gasteiger partial charge in [-0.1, -0.05) is 96.8 Å². The van der Waals surface area contributed by atoms with Crippen LogP contribution in [0.5, 0.6) is 0 Å². The van der Waals surface area contributed by atoms with Crippen molar-refractivity contribution in [1.29, 1.82) is 0 Å². The van der Waals surface area contributed by atoms with Gasteiger partial charge in [0.2, 0.25) is 0 Å². The van der Waals surface area contributed by atoms with Crippen molar-refractivity contribution in [1.82, 2.24) is 0 Å². The van der Waals surface area contributed by atoms with Crippen LogP contribution in [-0.4, -0.2) is 48.8 Å². The molecule has 0 saturated heterocycles. The predicted octanol–water partition coefficient (Wildman–Crippen LogP) is 6.17. The Morgan fingerprint density at radius 3 is 1.23 bits per heavy atom. The molecule has 0 aliphatic carbocycles. The van der Waals surface area contributed by atoms with Crippen molar-refractivity contribution in [3.63, 3.8) is 0 Å². The summed E-state index contributed by atoms with van der Waals surface area (Å²) in [5.74, 6) is -0.653. The second kappa shape index (κ2) is 24.5. The van der Waals surface area contributed by atoms with Gasteiger partial charge in [-0.2, -0.15) is 0 Å². The van der Waals surface area contributed by atoms with Crippen LogP contribution < -0.4 is 0 Å². The molecule has 22 heavy (non-hydrogen) atoms. The van der Waals surface area contributed by atoms with Crippen molar-refractivity contribution < 1.29 is 29.8 Å². The molecule has 0 saturated carbocycles. The molecule has 0 aromatic heterocycles. The van der Waals surface area contributed by atoms with Crippen molar-refractivity contribution in [3.8, 4) is 0 Å². The molecule has 0 bridgehead atoms. The van der Waals surface area contributed by atoms with Gasteiger partial charge in [-0.15, -0.1) is 0 Å². The molecule has 0 fully saturated rings. The molecular formula is C18H38CaCuO2. The Morgan fingerprint density at radius 1 is 0.682 bits per heavy atom. The van der Waals surface area contributed by atoms with Gasteiger partial charge in [-0.05, 0) is 6.42 Å². The molecule has 0 amide bonds. The number of unbranched alkanes of at least 4 members (excludes halogenated alkanes) is 14. The fourth-order valence-corrected chi connectivity index (χ4v) is 2.65. The van der Waals surface area contributed by atoms with E-state index < -0.39 is 5.97 Å². The van der Waals surface area contributed by atoms with Crippen LogP contribution >= 0.6 is 0 Å². The standard InChI is InChI=1S/C18H36O2.Ca.Cu.2H/c1-2-3-4-5-6-7-8-9-10-11-12-13-14-15-16-17-18(19)20;;;;/h2-17H2,1H3,(H,19,20);;;;/q;+2;;2*-1. The maximum Gasteiger partial charge on any atom is 2.00 e. The number of carboxylic acid groups (broad SMARTS) is 1. The summed E-state index contributed by atoms with van der Waals surface area (Å²) in [5, 5.41) is 8.52. The van der Waals surface area contributed by atoms with Gasteiger partial charge in [0.15, 0.2) is 0 Å². The van der Waals surface area contributed by atoms with Crippen LogP contribution in [0.15, 0.2) is 0 Å². The molecule has 4 heteroatoms. The summed E-state index contributed by atoms with van der Waals surface area (Å²) in [7, 11) is 0.